The van der Waals surface area contributed by atoms with Gasteiger partial charge in [-0.25, -0.2) is 0 Å². The van der Waals surface area contributed by atoms with Gasteiger partial charge in [-0.3, -0.25) is 9.59 Å². The Balaban J connectivity index is 2.30. The number of hydrogen-bond donors (Lipinski definition) is 0. The monoisotopic (exact) mass is 258 g/mol. The molecule has 0 fully saturated rings. The number of thioether (sulfide) groups is 1. The summed E-state index contributed by atoms with van der Waals surface area (Å²) in [4.78, 5) is 24.2. The van der Waals surface area contributed by atoms with Gasteiger partial charge in [-0.05, 0) is 19.4 Å². The zero-order chi connectivity index (χ0) is 13.1. The van der Waals surface area contributed by atoms with Crippen LogP contribution in [0.1, 0.15) is 29.8 Å². The Bertz CT molecular complexity index is 564. The molecule has 0 heterocycles. The summed E-state index contributed by atoms with van der Waals surface area (Å²) in [6.45, 7) is 4.08. The number of allylic oxidation sites excluding steroid dienone is 2. The van der Waals surface area contributed by atoms with Crippen molar-refractivity contribution in [1.29, 1.82) is 0 Å². The summed E-state index contributed by atoms with van der Waals surface area (Å²) in [7, 11) is 0. The summed E-state index contributed by atoms with van der Waals surface area (Å²) in [5.74, 6) is -0.0187. The van der Waals surface area contributed by atoms with E-state index >= 15 is 0 Å². The highest BCUT2D eigenvalue weighted by Gasteiger charge is 2.24. The van der Waals surface area contributed by atoms with Gasteiger partial charge in [0.05, 0.1) is 0 Å². The SMILES string of the molecule is CC(C)=CCSC1=CC(=O)C(=O)c2ccccc21. The second-order valence-electron chi connectivity index (χ2n) is 4.34. The average Bonchev–Trinajstić information content (AvgIpc) is 2.35. The molecule has 1 aliphatic rings. The first-order chi connectivity index (χ1) is 8.59. The van der Waals surface area contributed by atoms with E-state index in [9.17, 15) is 9.59 Å². The zero-order valence-electron chi connectivity index (χ0n) is 10.4. The van der Waals surface area contributed by atoms with Crippen molar-refractivity contribution < 1.29 is 9.59 Å². The Hall–Kier alpha value is -1.61. The molecular formula is C15H14O2S. The van der Waals surface area contributed by atoms with E-state index in [0.717, 1.165) is 16.2 Å². The van der Waals surface area contributed by atoms with Crippen molar-refractivity contribution in [3.63, 3.8) is 0 Å². The van der Waals surface area contributed by atoms with E-state index in [1.54, 1.807) is 23.9 Å². The lowest BCUT2D eigenvalue weighted by molar-refractivity contribution is -0.110. The number of rotatable bonds is 3. The number of fused-ring (bicyclic) bond motifs is 1. The van der Waals surface area contributed by atoms with Gasteiger partial charge in [0.2, 0.25) is 11.6 Å². The summed E-state index contributed by atoms with van der Waals surface area (Å²) >= 11 is 1.59. The normalized spacial score (nSPS) is 14.0. The second-order valence-corrected chi connectivity index (χ2v) is 5.40. The molecule has 18 heavy (non-hydrogen) atoms. The van der Waals surface area contributed by atoms with Gasteiger partial charge in [-0.1, -0.05) is 35.9 Å². The van der Waals surface area contributed by atoms with Gasteiger partial charge in [-0.2, -0.15) is 0 Å². The largest absolute Gasteiger partial charge is 0.286 e. The Kier molecular flexibility index (Phi) is 3.82. The summed E-state index contributed by atoms with van der Waals surface area (Å²) in [5, 5.41) is 0. The van der Waals surface area contributed by atoms with Crippen molar-refractivity contribution in [3.05, 3.63) is 53.1 Å². The van der Waals surface area contributed by atoms with Gasteiger partial charge in [0.15, 0.2) is 0 Å². The summed E-state index contributed by atoms with van der Waals surface area (Å²) < 4.78 is 0. The van der Waals surface area contributed by atoms with Gasteiger partial charge >= 0.3 is 0 Å². The van der Waals surface area contributed by atoms with Gasteiger partial charge in [0.25, 0.3) is 0 Å². The maximum atomic E-state index is 11.7. The van der Waals surface area contributed by atoms with Crippen LogP contribution >= 0.6 is 11.8 Å². The molecule has 1 aliphatic carbocycles. The number of hydrogen-bond acceptors (Lipinski definition) is 3. The van der Waals surface area contributed by atoms with Crippen molar-refractivity contribution in [1.82, 2.24) is 0 Å². The Morgan fingerprint density at radius 3 is 2.50 bits per heavy atom. The molecule has 0 saturated carbocycles. The number of carbonyl (C=O) groups is 2. The first-order valence-electron chi connectivity index (χ1n) is 5.75. The van der Waals surface area contributed by atoms with Crippen LogP contribution < -0.4 is 0 Å². The third-order valence-corrected chi connectivity index (χ3v) is 3.64. The number of Topliss-reactive ketones (excluding diaryl/α,β-unsaturated/α-hetero) is 1. The molecule has 1 aromatic carbocycles. The molecule has 3 heteroatoms. The highest BCUT2D eigenvalue weighted by molar-refractivity contribution is 8.08. The lowest BCUT2D eigenvalue weighted by Gasteiger charge is -2.14. The van der Waals surface area contributed by atoms with Crippen LogP contribution in [0, 0.1) is 0 Å². The summed E-state index contributed by atoms with van der Waals surface area (Å²) in [5.41, 5.74) is 2.63. The van der Waals surface area contributed by atoms with E-state index in [1.165, 1.54) is 11.6 Å². The topological polar surface area (TPSA) is 34.1 Å². The average molecular weight is 258 g/mol. The van der Waals surface area contributed by atoms with E-state index in [2.05, 4.69) is 6.08 Å². The maximum Gasteiger partial charge on any atom is 0.233 e. The maximum absolute atomic E-state index is 11.7. The van der Waals surface area contributed by atoms with E-state index in [0.29, 0.717) is 5.56 Å². The van der Waals surface area contributed by atoms with Crippen LogP contribution in [0.25, 0.3) is 4.91 Å². The number of carbonyl (C=O) groups excluding carboxylic acids is 2. The quantitative estimate of drug-likeness (QED) is 0.614. The zero-order valence-corrected chi connectivity index (χ0v) is 11.2. The molecule has 0 N–H and O–H groups in total. The summed E-state index contributed by atoms with van der Waals surface area (Å²) in [6, 6.07) is 7.27. The second kappa shape index (κ2) is 5.36. The van der Waals surface area contributed by atoms with Crippen LogP contribution in [0.2, 0.25) is 0 Å². The molecule has 0 radical (unpaired) electrons. The molecule has 2 rings (SSSR count). The van der Waals surface area contributed by atoms with Crippen LogP contribution in [-0.4, -0.2) is 17.3 Å². The standard InChI is InChI=1S/C15H14O2S/c1-10(2)7-8-18-14-9-13(16)15(17)12-6-4-3-5-11(12)14/h3-7,9H,8H2,1-2H3. The molecule has 0 aliphatic heterocycles. The van der Waals surface area contributed by atoms with Crippen molar-refractivity contribution in [2.45, 2.75) is 13.8 Å². The van der Waals surface area contributed by atoms with Gasteiger partial charge < -0.3 is 0 Å². The van der Waals surface area contributed by atoms with E-state index in [1.807, 2.05) is 26.0 Å². The van der Waals surface area contributed by atoms with E-state index in [4.69, 9.17) is 0 Å². The third-order valence-electron chi connectivity index (χ3n) is 2.65. The van der Waals surface area contributed by atoms with Crippen molar-refractivity contribution in [2.75, 3.05) is 5.75 Å². The van der Waals surface area contributed by atoms with Gasteiger partial charge in [0.1, 0.15) is 0 Å². The van der Waals surface area contributed by atoms with Crippen LogP contribution in [0.4, 0.5) is 0 Å². The van der Waals surface area contributed by atoms with Gasteiger partial charge in [-0.15, -0.1) is 11.8 Å². The Morgan fingerprint density at radius 1 is 1.17 bits per heavy atom. The lowest BCUT2D eigenvalue weighted by Crippen LogP contribution is -2.17. The molecule has 0 aromatic heterocycles. The molecule has 0 unspecified atom stereocenters. The van der Waals surface area contributed by atoms with Gasteiger partial charge in [0, 0.05) is 22.3 Å². The molecule has 0 saturated heterocycles. The lowest BCUT2D eigenvalue weighted by atomic mass is 9.95. The fourth-order valence-electron chi connectivity index (χ4n) is 1.71. The minimum absolute atomic E-state index is 0.405. The Labute approximate surface area is 111 Å². The fraction of sp³-hybridized carbons (Fsp3) is 0.200. The molecule has 0 bridgehead atoms. The van der Waals surface area contributed by atoms with Crippen molar-refractivity contribution >= 4 is 28.2 Å². The molecule has 92 valence electrons. The molecule has 2 nitrogen and oxygen atoms in total. The summed E-state index contributed by atoms with van der Waals surface area (Å²) in [6.07, 6.45) is 3.56. The third kappa shape index (κ3) is 2.62. The van der Waals surface area contributed by atoms with Crippen molar-refractivity contribution in [3.8, 4) is 0 Å². The molecule has 0 amide bonds. The van der Waals surface area contributed by atoms with Crippen LogP contribution in [0.5, 0.6) is 0 Å². The van der Waals surface area contributed by atoms with Crippen molar-refractivity contribution in [2.24, 2.45) is 0 Å². The number of benzene rings is 1. The fourth-order valence-corrected chi connectivity index (χ4v) is 2.83. The van der Waals surface area contributed by atoms with E-state index < -0.39 is 11.6 Å². The van der Waals surface area contributed by atoms with E-state index in [-0.39, 0.29) is 0 Å². The molecule has 0 atom stereocenters. The van der Waals surface area contributed by atoms with Crippen LogP contribution in [-0.2, 0) is 4.79 Å². The minimum atomic E-state index is -0.423. The first kappa shape index (κ1) is 12.8. The molecule has 1 aromatic rings. The first-order valence-corrected chi connectivity index (χ1v) is 6.74. The smallest absolute Gasteiger partial charge is 0.233 e. The van der Waals surface area contributed by atoms with Crippen LogP contribution in [0.15, 0.2) is 42.0 Å². The minimum Gasteiger partial charge on any atom is -0.286 e. The highest BCUT2D eigenvalue weighted by Crippen LogP contribution is 2.33. The Morgan fingerprint density at radius 2 is 1.83 bits per heavy atom. The molecular weight excluding hydrogens is 244 g/mol. The predicted octanol–water partition coefficient (Wildman–Crippen LogP) is 3.49. The predicted molar refractivity (Wildman–Crippen MR) is 75.6 cm³/mol. The number of ketones is 2. The molecule has 0 spiro atoms. The highest BCUT2D eigenvalue weighted by atomic mass is 32.2. The van der Waals surface area contributed by atoms with Crippen LogP contribution in [0.3, 0.4) is 0 Å².